The average molecular weight is 296 g/mol. The predicted octanol–water partition coefficient (Wildman–Crippen LogP) is 0.0822. The van der Waals surface area contributed by atoms with Crippen LogP contribution in [-0.2, 0) is 13.6 Å². The van der Waals surface area contributed by atoms with Crippen LogP contribution in [0.2, 0.25) is 0 Å². The summed E-state index contributed by atoms with van der Waals surface area (Å²) in [4.78, 5) is 30.2. The van der Waals surface area contributed by atoms with Crippen LogP contribution in [0.3, 0.4) is 0 Å². The van der Waals surface area contributed by atoms with Crippen molar-refractivity contribution in [2.45, 2.75) is 24.7 Å². The van der Waals surface area contributed by atoms with Crippen LogP contribution in [0.15, 0.2) is 27.4 Å². The average Bonchev–Trinajstić information content (AvgIpc) is 2.74. The summed E-state index contributed by atoms with van der Waals surface area (Å²) in [5.74, 6) is 0.451. The molecule has 20 heavy (non-hydrogen) atoms. The lowest BCUT2D eigenvalue weighted by molar-refractivity contribution is 0.220. The summed E-state index contributed by atoms with van der Waals surface area (Å²) in [6.07, 6.45) is 1.16. The molecular formula is C12H16N4O3S. The molecule has 0 saturated carbocycles. The highest BCUT2D eigenvalue weighted by Gasteiger charge is 2.17. The molecule has 0 radical (unpaired) electrons. The summed E-state index contributed by atoms with van der Waals surface area (Å²) in [6.45, 7) is 5.74. The van der Waals surface area contributed by atoms with Gasteiger partial charge in [0.1, 0.15) is 0 Å². The Labute approximate surface area is 119 Å². The van der Waals surface area contributed by atoms with Gasteiger partial charge in [0.05, 0.1) is 6.10 Å². The molecule has 0 aliphatic rings. The molecular weight excluding hydrogens is 280 g/mol. The monoisotopic (exact) mass is 296 g/mol. The molecule has 0 spiro atoms. The van der Waals surface area contributed by atoms with Crippen molar-refractivity contribution in [1.82, 2.24) is 19.1 Å². The lowest BCUT2D eigenvalue weighted by Crippen LogP contribution is -2.29. The molecule has 2 heterocycles. The number of imidazole rings is 1. The van der Waals surface area contributed by atoms with E-state index < -0.39 is 17.4 Å². The number of aryl methyl sites for hydroxylation is 1. The van der Waals surface area contributed by atoms with E-state index in [0.717, 1.165) is 0 Å². The number of H-pyrrole nitrogens is 1. The van der Waals surface area contributed by atoms with Crippen LogP contribution in [0.4, 0.5) is 0 Å². The van der Waals surface area contributed by atoms with Crippen LogP contribution < -0.4 is 11.2 Å². The molecule has 1 atom stereocenters. The largest absolute Gasteiger partial charge is 0.393 e. The van der Waals surface area contributed by atoms with E-state index >= 15 is 0 Å². The lowest BCUT2D eigenvalue weighted by Gasteiger charge is -2.06. The van der Waals surface area contributed by atoms with Gasteiger partial charge in [-0.15, -0.1) is 6.58 Å². The summed E-state index contributed by atoms with van der Waals surface area (Å²) >= 11 is 1.33. The number of allylic oxidation sites excluding steroid dienone is 1. The molecule has 0 bridgehead atoms. The molecule has 108 valence electrons. The second-order valence-electron chi connectivity index (χ2n) is 4.44. The van der Waals surface area contributed by atoms with Crippen molar-refractivity contribution in [2.24, 2.45) is 7.05 Å². The van der Waals surface area contributed by atoms with Gasteiger partial charge < -0.3 is 9.67 Å². The van der Waals surface area contributed by atoms with E-state index in [1.807, 2.05) is 0 Å². The number of aromatic nitrogens is 4. The van der Waals surface area contributed by atoms with Gasteiger partial charge in [-0.1, -0.05) is 17.8 Å². The van der Waals surface area contributed by atoms with E-state index in [1.54, 1.807) is 24.6 Å². The van der Waals surface area contributed by atoms with Gasteiger partial charge in [0, 0.05) is 19.3 Å². The SMILES string of the molecule is C=CCn1c(SC[C@@H](C)O)nc2c1c(=O)[nH]c(=O)n2C. The number of nitrogens with zero attached hydrogens (tertiary/aromatic N) is 3. The Hall–Kier alpha value is -1.80. The fourth-order valence-electron chi connectivity index (χ4n) is 1.82. The van der Waals surface area contributed by atoms with Gasteiger partial charge in [0.25, 0.3) is 5.56 Å². The minimum Gasteiger partial charge on any atom is -0.393 e. The number of aromatic amines is 1. The quantitative estimate of drug-likeness (QED) is 0.602. The fraction of sp³-hybridized carbons (Fsp3) is 0.417. The predicted molar refractivity (Wildman–Crippen MR) is 78.2 cm³/mol. The molecule has 0 unspecified atom stereocenters. The third-order valence-corrected chi connectivity index (χ3v) is 3.96. The summed E-state index contributed by atoms with van der Waals surface area (Å²) in [5, 5.41) is 9.94. The van der Waals surface area contributed by atoms with Crippen molar-refractivity contribution < 1.29 is 5.11 Å². The Balaban J connectivity index is 2.69. The molecule has 2 rings (SSSR count). The Morgan fingerprint density at radius 1 is 1.55 bits per heavy atom. The van der Waals surface area contributed by atoms with Gasteiger partial charge in [-0.2, -0.15) is 0 Å². The van der Waals surface area contributed by atoms with E-state index in [2.05, 4.69) is 16.5 Å². The number of aliphatic hydroxyl groups is 1. The number of rotatable bonds is 5. The van der Waals surface area contributed by atoms with Crippen LogP contribution in [0.5, 0.6) is 0 Å². The molecule has 8 heteroatoms. The van der Waals surface area contributed by atoms with E-state index in [4.69, 9.17) is 0 Å². The molecule has 0 aliphatic carbocycles. The second-order valence-corrected chi connectivity index (χ2v) is 5.43. The van der Waals surface area contributed by atoms with Gasteiger partial charge >= 0.3 is 5.69 Å². The highest BCUT2D eigenvalue weighted by atomic mass is 32.2. The maximum absolute atomic E-state index is 12.0. The zero-order chi connectivity index (χ0) is 14.9. The summed E-state index contributed by atoms with van der Waals surface area (Å²) in [7, 11) is 1.55. The first-order chi connectivity index (χ1) is 9.45. The maximum Gasteiger partial charge on any atom is 0.329 e. The van der Waals surface area contributed by atoms with Crippen LogP contribution in [-0.4, -0.2) is 36.1 Å². The van der Waals surface area contributed by atoms with Gasteiger partial charge in [0.15, 0.2) is 16.3 Å². The standard InChI is InChI=1S/C12H16N4O3S/c1-4-5-16-8-9(13-12(16)20-6-7(2)17)15(3)11(19)14-10(8)18/h4,7,17H,1,5-6H2,2-3H3,(H,14,18,19)/t7-/m1/s1. The van der Waals surface area contributed by atoms with Crippen molar-refractivity contribution in [3.05, 3.63) is 33.5 Å². The molecule has 0 aliphatic heterocycles. The molecule has 0 amide bonds. The topological polar surface area (TPSA) is 92.9 Å². The first-order valence-electron chi connectivity index (χ1n) is 6.07. The highest BCUT2D eigenvalue weighted by molar-refractivity contribution is 7.99. The molecule has 7 nitrogen and oxygen atoms in total. The van der Waals surface area contributed by atoms with Crippen LogP contribution in [0.25, 0.3) is 11.2 Å². The summed E-state index contributed by atoms with van der Waals surface area (Å²) in [5.41, 5.74) is -0.312. The number of aliphatic hydroxyl groups excluding tert-OH is 1. The van der Waals surface area contributed by atoms with Gasteiger partial charge in [-0.25, -0.2) is 9.78 Å². The molecule has 0 aromatic carbocycles. The Morgan fingerprint density at radius 2 is 2.25 bits per heavy atom. The smallest absolute Gasteiger partial charge is 0.329 e. The third-order valence-electron chi connectivity index (χ3n) is 2.74. The van der Waals surface area contributed by atoms with Crippen molar-refractivity contribution >= 4 is 22.9 Å². The van der Waals surface area contributed by atoms with Crippen LogP contribution in [0.1, 0.15) is 6.92 Å². The van der Waals surface area contributed by atoms with E-state index in [-0.39, 0.29) is 0 Å². The van der Waals surface area contributed by atoms with Crippen molar-refractivity contribution in [2.75, 3.05) is 5.75 Å². The van der Waals surface area contributed by atoms with E-state index in [1.165, 1.54) is 16.3 Å². The molecule has 2 N–H and O–H groups in total. The van der Waals surface area contributed by atoms with Crippen molar-refractivity contribution in [1.29, 1.82) is 0 Å². The molecule has 2 aromatic rings. The van der Waals surface area contributed by atoms with Gasteiger partial charge in [-0.3, -0.25) is 14.3 Å². The maximum atomic E-state index is 12.0. The van der Waals surface area contributed by atoms with Gasteiger partial charge in [0.2, 0.25) is 0 Å². The molecule has 0 saturated heterocycles. The minimum absolute atomic E-state index is 0.327. The van der Waals surface area contributed by atoms with Gasteiger partial charge in [-0.05, 0) is 6.92 Å². The van der Waals surface area contributed by atoms with Crippen molar-refractivity contribution in [3.63, 3.8) is 0 Å². The zero-order valence-electron chi connectivity index (χ0n) is 11.3. The number of thioether (sulfide) groups is 1. The lowest BCUT2D eigenvalue weighted by atomic mass is 10.5. The Bertz CT molecular complexity index is 756. The minimum atomic E-state index is -0.502. The normalized spacial score (nSPS) is 12.8. The fourth-order valence-corrected chi connectivity index (χ4v) is 2.68. The van der Waals surface area contributed by atoms with E-state index in [0.29, 0.717) is 28.6 Å². The Kier molecular flexibility index (Phi) is 4.15. The van der Waals surface area contributed by atoms with Crippen molar-refractivity contribution in [3.8, 4) is 0 Å². The second kappa shape index (κ2) is 5.68. The number of nitrogens with one attached hydrogen (secondary N) is 1. The first kappa shape index (κ1) is 14.6. The summed E-state index contributed by atoms with van der Waals surface area (Å²) in [6, 6.07) is 0. The third kappa shape index (κ3) is 2.56. The zero-order valence-corrected chi connectivity index (χ0v) is 12.1. The number of hydrogen-bond acceptors (Lipinski definition) is 5. The van der Waals surface area contributed by atoms with Crippen LogP contribution in [0, 0.1) is 0 Å². The number of hydrogen-bond donors (Lipinski definition) is 2. The first-order valence-corrected chi connectivity index (χ1v) is 7.05. The molecule has 2 aromatic heterocycles. The molecule has 0 fully saturated rings. The van der Waals surface area contributed by atoms with E-state index in [9.17, 15) is 14.7 Å². The number of fused-ring (bicyclic) bond motifs is 1. The summed E-state index contributed by atoms with van der Waals surface area (Å²) < 4.78 is 2.98. The van der Waals surface area contributed by atoms with Crippen LogP contribution >= 0.6 is 11.8 Å². The highest BCUT2D eigenvalue weighted by Crippen LogP contribution is 2.22. The Morgan fingerprint density at radius 3 is 2.85 bits per heavy atom.